The van der Waals surface area contributed by atoms with Crippen LogP contribution >= 0.6 is 11.6 Å². The smallest absolute Gasteiger partial charge is 0.134 e. The quantitative estimate of drug-likeness (QED) is 0.775. The minimum absolute atomic E-state index is 0.135. The predicted octanol–water partition coefficient (Wildman–Crippen LogP) is 2.79. The van der Waals surface area contributed by atoms with E-state index in [1.165, 1.54) is 25.9 Å². The van der Waals surface area contributed by atoms with Crippen LogP contribution in [-0.2, 0) is 6.54 Å². The molecule has 1 atom stereocenters. The summed E-state index contributed by atoms with van der Waals surface area (Å²) >= 11 is 6.05. The number of likely N-dealkylation sites (tertiary alicyclic amines) is 1. The molecule has 0 bridgehead atoms. The third-order valence-corrected chi connectivity index (χ3v) is 6.49. The van der Waals surface area contributed by atoms with Gasteiger partial charge < -0.3 is 15.1 Å². The summed E-state index contributed by atoms with van der Waals surface area (Å²) in [6, 6.07) is 7.14. The number of halogens is 1. The van der Waals surface area contributed by atoms with Crippen molar-refractivity contribution in [2.24, 2.45) is 0 Å². The molecule has 0 amide bonds. The summed E-state index contributed by atoms with van der Waals surface area (Å²) in [5.41, 5.74) is 1.12. The molecule has 2 aliphatic rings. The lowest BCUT2D eigenvalue weighted by molar-refractivity contribution is -0.0000322. The molecule has 27 heavy (non-hydrogen) atoms. The summed E-state index contributed by atoms with van der Waals surface area (Å²) in [7, 11) is 0. The lowest BCUT2D eigenvalue weighted by Crippen LogP contribution is -2.58. The number of aromatic hydroxyl groups is 1. The highest BCUT2D eigenvalue weighted by Crippen LogP contribution is 2.27. The van der Waals surface area contributed by atoms with Crippen LogP contribution in [0.2, 0.25) is 5.02 Å². The molecule has 0 aliphatic carbocycles. The standard InChI is InChI=1S/C21H34ClN3O2/c1-16(2)24-8-5-18(6-9-24)25-11-10-23(15-19(25)7-12-26)14-17-3-4-21(27)20(22)13-17/h3-4,13,16,18-19,26-27H,5-12,14-15H2,1-2H3. The van der Waals surface area contributed by atoms with E-state index in [-0.39, 0.29) is 12.4 Å². The van der Waals surface area contributed by atoms with E-state index in [9.17, 15) is 10.2 Å². The van der Waals surface area contributed by atoms with Crippen molar-refractivity contribution in [3.8, 4) is 5.75 Å². The van der Waals surface area contributed by atoms with Crippen LogP contribution in [-0.4, -0.2) is 82.4 Å². The topological polar surface area (TPSA) is 50.2 Å². The van der Waals surface area contributed by atoms with Gasteiger partial charge in [0.2, 0.25) is 0 Å². The minimum Gasteiger partial charge on any atom is -0.506 e. The zero-order chi connectivity index (χ0) is 19.4. The van der Waals surface area contributed by atoms with Crippen LogP contribution in [0, 0.1) is 0 Å². The molecule has 1 unspecified atom stereocenters. The van der Waals surface area contributed by atoms with Crippen molar-refractivity contribution in [3.05, 3.63) is 28.8 Å². The van der Waals surface area contributed by atoms with Gasteiger partial charge in [0.05, 0.1) is 5.02 Å². The fourth-order valence-corrected chi connectivity index (χ4v) is 4.81. The predicted molar refractivity (Wildman–Crippen MR) is 110 cm³/mol. The second-order valence-corrected chi connectivity index (χ2v) is 8.69. The van der Waals surface area contributed by atoms with Crippen LogP contribution in [0.1, 0.15) is 38.7 Å². The maximum Gasteiger partial charge on any atom is 0.134 e. The summed E-state index contributed by atoms with van der Waals surface area (Å²) in [5.74, 6) is 0.135. The molecule has 0 spiro atoms. The van der Waals surface area contributed by atoms with Gasteiger partial charge in [0, 0.05) is 50.9 Å². The first-order chi connectivity index (χ1) is 13.0. The van der Waals surface area contributed by atoms with Gasteiger partial charge in [-0.15, -0.1) is 0 Å². The van der Waals surface area contributed by atoms with Crippen LogP contribution in [0.3, 0.4) is 0 Å². The van der Waals surface area contributed by atoms with Crippen molar-refractivity contribution in [1.82, 2.24) is 14.7 Å². The molecule has 152 valence electrons. The molecule has 2 aliphatic heterocycles. The van der Waals surface area contributed by atoms with E-state index in [2.05, 4.69) is 28.5 Å². The third kappa shape index (κ3) is 5.36. The van der Waals surface area contributed by atoms with E-state index in [1.807, 2.05) is 12.1 Å². The molecule has 2 fully saturated rings. The van der Waals surface area contributed by atoms with Crippen LogP contribution in [0.4, 0.5) is 0 Å². The molecule has 0 aromatic heterocycles. The second-order valence-electron chi connectivity index (χ2n) is 8.29. The highest BCUT2D eigenvalue weighted by Gasteiger charge is 2.33. The molecule has 0 saturated carbocycles. The SMILES string of the molecule is CC(C)N1CCC(N2CCN(Cc3ccc(O)c(Cl)c3)CC2CCO)CC1. The molecule has 1 aromatic carbocycles. The average molecular weight is 396 g/mol. The van der Waals surface area contributed by atoms with Crippen molar-refractivity contribution in [1.29, 1.82) is 0 Å². The fraction of sp³-hybridized carbons (Fsp3) is 0.714. The van der Waals surface area contributed by atoms with E-state index in [0.717, 1.165) is 38.2 Å². The van der Waals surface area contributed by atoms with Gasteiger partial charge >= 0.3 is 0 Å². The Morgan fingerprint density at radius 3 is 2.52 bits per heavy atom. The number of hydrogen-bond donors (Lipinski definition) is 2. The summed E-state index contributed by atoms with van der Waals surface area (Å²) < 4.78 is 0. The Morgan fingerprint density at radius 2 is 1.89 bits per heavy atom. The molecular weight excluding hydrogens is 362 g/mol. The normalized spacial score (nSPS) is 24.0. The zero-order valence-corrected chi connectivity index (χ0v) is 17.4. The second kappa shape index (κ2) is 9.57. The Bertz CT molecular complexity index is 605. The lowest BCUT2D eigenvalue weighted by Gasteiger charge is -2.48. The van der Waals surface area contributed by atoms with Gasteiger partial charge in [-0.25, -0.2) is 0 Å². The number of piperazine rings is 1. The maximum absolute atomic E-state index is 9.61. The van der Waals surface area contributed by atoms with Gasteiger partial charge in [0.1, 0.15) is 5.75 Å². The van der Waals surface area contributed by atoms with Crippen LogP contribution < -0.4 is 0 Å². The lowest BCUT2D eigenvalue weighted by atomic mass is 9.97. The van der Waals surface area contributed by atoms with E-state index in [0.29, 0.717) is 23.1 Å². The highest BCUT2D eigenvalue weighted by molar-refractivity contribution is 6.32. The molecule has 1 aromatic rings. The van der Waals surface area contributed by atoms with Gasteiger partial charge in [-0.1, -0.05) is 17.7 Å². The van der Waals surface area contributed by atoms with E-state index < -0.39 is 0 Å². The highest BCUT2D eigenvalue weighted by atomic mass is 35.5. The molecule has 2 saturated heterocycles. The number of piperidine rings is 1. The molecule has 2 N–H and O–H groups in total. The molecule has 5 nitrogen and oxygen atoms in total. The van der Waals surface area contributed by atoms with Gasteiger partial charge in [-0.05, 0) is 63.9 Å². The van der Waals surface area contributed by atoms with E-state index >= 15 is 0 Å². The summed E-state index contributed by atoms with van der Waals surface area (Å²) in [4.78, 5) is 7.68. The summed E-state index contributed by atoms with van der Waals surface area (Å²) in [5, 5.41) is 19.6. The number of aliphatic hydroxyl groups excluding tert-OH is 1. The Hall–Kier alpha value is -0.850. The maximum atomic E-state index is 9.61. The van der Waals surface area contributed by atoms with Gasteiger partial charge in [0.15, 0.2) is 0 Å². The molecule has 2 heterocycles. The van der Waals surface area contributed by atoms with Crippen LogP contribution in [0.25, 0.3) is 0 Å². The summed E-state index contributed by atoms with van der Waals surface area (Å²) in [6.45, 7) is 11.1. The number of phenols is 1. The Kier molecular flexibility index (Phi) is 7.40. The van der Waals surface area contributed by atoms with Gasteiger partial charge in [-0.2, -0.15) is 0 Å². The summed E-state index contributed by atoms with van der Waals surface area (Å²) in [6.07, 6.45) is 3.29. The Balaban J connectivity index is 1.59. The molecule has 0 radical (unpaired) electrons. The number of hydrogen-bond acceptors (Lipinski definition) is 5. The third-order valence-electron chi connectivity index (χ3n) is 6.19. The van der Waals surface area contributed by atoms with Crippen LogP contribution in [0.15, 0.2) is 18.2 Å². The van der Waals surface area contributed by atoms with Crippen LogP contribution in [0.5, 0.6) is 5.75 Å². The molecule has 3 rings (SSSR count). The van der Waals surface area contributed by atoms with Gasteiger partial charge in [-0.3, -0.25) is 9.80 Å². The number of nitrogens with zero attached hydrogens (tertiary/aromatic N) is 3. The first-order valence-corrected chi connectivity index (χ1v) is 10.7. The molecular formula is C21H34ClN3O2. The zero-order valence-electron chi connectivity index (χ0n) is 16.6. The van der Waals surface area contributed by atoms with Crippen molar-refractivity contribution in [2.75, 3.05) is 39.3 Å². The number of phenolic OH excluding ortho intramolecular Hbond substituents is 1. The minimum atomic E-state index is 0.135. The first kappa shape index (κ1) is 20.9. The Morgan fingerprint density at radius 1 is 1.15 bits per heavy atom. The monoisotopic (exact) mass is 395 g/mol. The largest absolute Gasteiger partial charge is 0.506 e. The van der Waals surface area contributed by atoms with E-state index in [1.54, 1.807) is 6.07 Å². The Labute approximate surface area is 168 Å². The van der Waals surface area contributed by atoms with Crippen molar-refractivity contribution in [2.45, 2.75) is 57.8 Å². The van der Waals surface area contributed by atoms with E-state index in [4.69, 9.17) is 11.6 Å². The van der Waals surface area contributed by atoms with Gasteiger partial charge in [0.25, 0.3) is 0 Å². The number of benzene rings is 1. The number of rotatable bonds is 6. The fourth-order valence-electron chi connectivity index (χ4n) is 4.60. The van der Waals surface area contributed by atoms with Crippen molar-refractivity contribution < 1.29 is 10.2 Å². The van der Waals surface area contributed by atoms with Crippen molar-refractivity contribution >= 4 is 11.6 Å². The number of aliphatic hydroxyl groups is 1. The molecule has 6 heteroatoms. The first-order valence-electron chi connectivity index (χ1n) is 10.3. The van der Waals surface area contributed by atoms with Crippen molar-refractivity contribution in [3.63, 3.8) is 0 Å². The average Bonchev–Trinajstić information content (AvgIpc) is 2.65.